The number of hydrogen-bond acceptors (Lipinski definition) is 3. The van der Waals surface area contributed by atoms with Gasteiger partial charge >= 0.3 is 0 Å². The predicted octanol–water partition coefficient (Wildman–Crippen LogP) is 5.35. The molecule has 0 saturated carbocycles. The zero-order valence-corrected chi connectivity index (χ0v) is 12.8. The molecule has 0 amide bonds. The van der Waals surface area contributed by atoms with E-state index < -0.39 is 5.41 Å². The number of rotatable bonds is 1. The fraction of sp³-hybridized carbons (Fsp3) is 0.188. The van der Waals surface area contributed by atoms with Crippen LogP contribution < -0.4 is 5.32 Å². The molecule has 0 spiro atoms. The molecule has 0 aromatic heterocycles. The highest BCUT2D eigenvalue weighted by molar-refractivity contribution is 7.99. The third-order valence-corrected chi connectivity index (χ3v) is 4.78. The van der Waals surface area contributed by atoms with Crippen molar-refractivity contribution in [2.24, 2.45) is 0 Å². The van der Waals surface area contributed by atoms with Gasteiger partial charge in [0.15, 0.2) is 0 Å². The third-order valence-electron chi connectivity index (χ3n) is 3.41. The topological polar surface area (TPSA) is 35.8 Å². The molecule has 100 valence electrons. The Morgan fingerprint density at radius 1 is 1.10 bits per heavy atom. The predicted molar refractivity (Wildman–Crippen MR) is 83.9 cm³/mol. The van der Waals surface area contributed by atoms with E-state index in [1.54, 1.807) is 11.8 Å². The summed E-state index contributed by atoms with van der Waals surface area (Å²) < 4.78 is 0. The minimum absolute atomic E-state index is 0.484. The van der Waals surface area contributed by atoms with Crippen LogP contribution in [-0.4, -0.2) is 0 Å². The molecule has 2 nitrogen and oxygen atoms in total. The van der Waals surface area contributed by atoms with Gasteiger partial charge in [0.25, 0.3) is 0 Å². The summed E-state index contributed by atoms with van der Waals surface area (Å²) in [6.07, 6.45) is 0. The maximum atomic E-state index is 9.25. The largest absolute Gasteiger partial charge is 0.354 e. The molecule has 1 N–H and O–H groups in total. The van der Waals surface area contributed by atoms with Crippen LogP contribution >= 0.6 is 23.4 Å². The highest BCUT2D eigenvalue weighted by atomic mass is 35.5. The lowest BCUT2D eigenvalue weighted by atomic mass is 9.86. The Labute approximate surface area is 127 Å². The van der Waals surface area contributed by atoms with Crippen molar-refractivity contribution in [1.29, 1.82) is 5.26 Å². The molecule has 0 bridgehead atoms. The van der Waals surface area contributed by atoms with Crippen LogP contribution in [-0.2, 0) is 5.41 Å². The first-order valence-corrected chi connectivity index (χ1v) is 7.49. The molecule has 0 aliphatic carbocycles. The average Bonchev–Trinajstić information content (AvgIpc) is 2.44. The molecular weight excluding hydrogens is 288 g/mol. The van der Waals surface area contributed by atoms with Crippen LogP contribution in [0.5, 0.6) is 0 Å². The first-order chi connectivity index (χ1) is 9.49. The lowest BCUT2D eigenvalue weighted by Gasteiger charge is -2.24. The first-order valence-electron chi connectivity index (χ1n) is 6.30. The third kappa shape index (κ3) is 2.26. The van der Waals surface area contributed by atoms with Crippen LogP contribution in [0.4, 0.5) is 11.4 Å². The maximum absolute atomic E-state index is 9.25. The average molecular weight is 301 g/mol. The highest BCUT2D eigenvalue weighted by Gasteiger charge is 2.23. The van der Waals surface area contributed by atoms with Gasteiger partial charge in [0.1, 0.15) is 0 Å². The summed E-state index contributed by atoms with van der Waals surface area (Å²) in [4.78, 5) is 2.27. The van der Waals surface area contributed by atoms with Gasteiger partial charge in [-0.05, 0) is 49.7 Å². The van der Waals surface area contributed by atoms with Crippen LogP contribution in [0.3, 0.4) is 0 Å². The second-order valence-corrected chi connectivity index (χ2v) is 6.84. The van der Waals surface area contributed by atoms with E-state index in [0.717, 1.165) is 31.8 Å². The maximum Gasteiger partial charge on any atom is 0.0767 e. The van der Waals surface area contributed by atoms with Gasteiger partial charge in [-0.3, -0.25) is 0 Å². The van der Waals surface area contributed by atoms with Crippen molar-refractivity contribution in [2.45, 2.75) is 29.1 Å². The fourth-order valence-electron chi connectivity index (χ4n) is 2.12. The number of anilines is 2. The van der Waals surface area contributed by atoms with E-state index in [2.05, 4.69) is 23.5 Å². The van der Waals surface area contributed by atoms with Crippen molar-refractivity contribution in [3.63, 3.8) is 0 Å². The molecule has 0 unspecified atom stereocenters. The molecule has 20 heavy (non-hydrogen) atoms. The van der Waals surface area contributed by atoms with E-state index in [4.69, 9.17) is 11.6 Å². The molecule has 1 aliphatic rings. The normalized spacial score (nSPS) is 12.9. The van der Waals surface area contributed by atoms with Gasteiger partial charge in [-0.25, -0.2) is 0 Å². The van der Waals surface area contributed by atoms with Crippen molar-refractivity contribution in [3.05, 3.63) is 47.0 Å². The van der Waals surface area contributed by atoms with E-state index >= 15 is 0 Å². The standard InChI is InChI=1S/C16H13ClN2S/c1-16(2,9-18)10-3-6-14-13(7-10)19-12-5-4-11(17)8-15(12)20-14/h3-8,19H,1-2H3. The molecule has 2 aromatic rings. The monoisotopic (exact) mass is 300 g/mol. The van der Waals surface area contributed by atoms with Gasteiger partial charge in [-0.15, -0.1) is 0 Å². The summed E-state index contributed by atoms with van der Waals surface area (Å²) in [5.41, 5.74) is 2.63. The summed E-state index contributed by atoms with van der Waals surface area (Å²) in [6, 6.07) is 14.3. The lowest BCUT2D eigenvalue weighted by Crippen LogP contribution is -2.14. The van der Waals surface area contributed by atoms with E-state index in [9.17, 15) is 5.26 Å². The Hall–Kier alpha value is -1.63. The van der Waals surface area contributed by atoms with Gasteiger partial charge in [-0.1, -0.05) is 29.4 Å². The molecule has 4 heteroatoms. The summed E-state index contributed by atoms with van der Waals surface area (Å²) in [5, 5.41) is 13.4. The summed E-state index contributed by atoms with van der Waals surface area (Å²) >= 11 is 7.72. The van der Waals surface area contributed by atoms with Gasteiger partial charge in [0.2, 0.25) is 0 Å². The zero-order valence-electron chi connectivity index (χ0n) is 11.2. The fourth-order valence-corrected chi connectivity index (χ4v) is 3.36. The van der Waals surface area contributed by atoms with Crippen LogP contribution in [0, 0.1) is 11.3 Å². The van der Waals surface area contributed by atoms with E-state index in [1.165, 1.54) is 0 Å². The molecular formula is C16H13ClN2S. The summed E-state index contributed by atoms with van der Waals surface area (Å²) in [5.74, 6) is 0. The second kappa shape index (κ2) is 4.73. The number of fused-ring (bicyclic) bond motifs is 2. The van der Waals surface area contributed by atoms with E-state index in [0.29, 0.717) is 0 Å². The van der Waals surface area contributed by atoms with E-state index in [1.807, 2.05) is 38.1 Å². The highest BCUT2D eigenvalue weighted by Crippen LogP contribution is 2.45. The van der Waals surface area contributed by atoms with Crippen molar-refractivity contribution in [1.82, 2.24) is 0 Å². The smallest absolute Gasteiger partial charge is 0.0767 e. The number of nitrogens with zero attached hydrogens (tertiary/aromatic N) is 1. The molecule has 0 saturated heterocycles. The van der Waals surface area contributed by atoms with Crippen LogP contribution in [0.2, 0.25) is 5.02 Å². The number of hydrogen-bond donors (Lipinski definition) is 1. The Balaban J connectivity index is 2.03. The minimum Gasteiger partial charge on any atom is -0.354 e. The molecule has 1 aliphatic heterocycles. The number of benzene rings is 2. The second-order valence-electron chi connectivity index (χ2n) is 5.32. The Bertz CT molecular complexity index is 732. The Morgan fingerprint density at radius 2 is 1.90 bits per heavy atom. The quantitative estimate of drug-likeness (QED) is 0.658. The Morgan fingerprint density at radius 3 is 2.65 bits per heavy atom. The van der Waals surface area contributed by atoms with Gasteiger partial charge in [0, 0.05) is 14.8 Å². The molecule has 1 heterocycles. The molecule has 0 radical (unpaired) electrons. The van der Waals surface area contributed by atoms with Crippen LogP contribution in [0.15, 0.2) is 46.2 Å². The SMILES string of the molecule is CC(C)(C#N)c1ccc2c(c1)Nc1ccc(Cl)cc1S2. The number of nitriles is 1. The van der Waals surface area contributed by atoms with Crippen molar-refractivity contribution in [3.8, 4) is 6.07 Å². The van der Waals surface area contributed by atoms with Crippen molar-refractivity contribution in [2.75, 3.05) is 5.32 Å². The minimum atomic E-state index is -0.484. The van der Waals surface area contributed by atoms with E-state index in [-0.39, 0.29) is 0 Å². The molecule has 0 atom stereocenters. The summed E-state index contributed by atoms with van der Waals surface area (Å²) in [7, 11) is 0. The summed E-state index contributed by atoms with van der Waals surface area (Å²) in [6.45, 7) is 3.86. The van der Waals surface area contributed by atoms with Crippen molar-refractivity contribution < 1.29 is 0 Å². The molecule has 0 fully saturated rings. The zero-order chi connectivity index (χ0) is 14.3. The van der Waals surface area contributed by atoms with Crippen molar-refractivity contribution >= 4 is 34.7 Å². The lowest BCUT2D eigenvalue weighted by molar-refractivity contribution is 0.686. The molecule has 2 aromatic carbocycles. The first kappa shape index (κ1) is 13.4. The van der Waals surface area contributed by atoms with Gasteiger partial charge in [0.05, 0.1) is 22.9 Å². The van der Waals surface area contributed by atoms with Crippen LogP contribution in [0.1, 0.15) is 19.4 Å². The number of halogens is 1. The van der Waals surface area contributed by atoms with Gasteiger partial charge < -0.3 is 5.32 Å². The Kier molecular flexibility index (Phi) is 3.16. The molecule has 3 rings (SSSR count). The van der Waals surface area contributed by atoms with Gasteiger partial charge in [-0.2, -0.15) is 5.26 Å². The van der Waals surface area contributed by atoms with Crippen LogP contribution in [0.25, 0.3) is 0 Å². The number of nitrogens with one attached hydrogen (secondary N) is 1.